The van der Waals surface area contributed by atoms with Crippen LogP contribution in [-0.2, 0) is 4.79 Å². The van der Waals surface area contributed by atoms with Gasteiger partial charge in [-0.2, -0.15) is 0 Å². The molecule has 0 aliphatic heterocycles. The van der Waals surface area contributed by atoms with Crippen LogP contribution in [0.1, 0.15) is 32.1 Å². The van der Waals surface area contributed by atoms with Crippen LogP contribution in [0.4, 0.5) is 4.79 Å². The number of hydrogen-bond donors (Lipinski definition) is 4. The van der Waals surface area contributed by atoms with Crippen LogP contribution in [0, 0.1) is 0 Å². The van der Waals surface area contributed by atoms with Gasteiger partial charge in [0.05, 0.1) is 6.61 Å². The van der Waals surface area contributed by atoms with Crippen LogP contribution < -0.4 is 5.32 Å². The molecule has 4 N–H and O–H groups in total. The van der Waals surface area contributed by atoms with Gasteiger partial charge in [-0.1, -0.05) is 12.8 Å². The average Bonchev–Trinajstić information content (AvgIpc) is 2.88. The van der Waals surface area contributed by atoms with Crippen molar-refractivity contribution in [1.29, 1.82) is 0 Å². The van der Waals surface area contributed by atoms with Crippen LogP contribution in [0.15, 0.2) is 0 Å². The number of amides is 2. The highest BCUT2D eigenvalue weighted by Gasteiger charge is 2.29. The fourth-order valence-corrected chi connectivity index (χ4v) is 2.39. The molecule has 7 heteroatoms. The number of carbonyl (C=O) groups excluding carboxylic acids is 1. The van der Waals surface area contributed by atoms with Gasteiger partial charge in [0.1, 0.15) is 6.04 Å². The molecule has 19 heavy (non-hydrogen) atoms. The van der Waals surface area contributed by atoms with Crippen LogP contribution in [0.5, 0.6) is 0 Å². The van der Waals surface area contributed by atoms with Crippen molar-refractivity contribution in [3.05, 3.63) is 0 Å². The molecule has 0 aromatic heterocycles. The van der Waals surface area contributed by atoms with Crippen molar-refractivity contribution in [2.24, 2.45) is 0 Å². The first-order valence-electron chi connectivity index (χ1n) is 6.61. The number of nitrogens with one attached hydrogen (secondary N) is 1. The summed E-state index contributed by atoms with van der Waals surface area (Å²) in [5, 5.41) is 29.1. The number of nitrogens with zero attached hydrogens (tertiary/aromatic N) is 1. The highest BCUT2D eigenvalue weighted by molar-refractivity contribution is 5.82. The second-order valence-electron chi connectivity index (χ2n) is 4.71. The molecule has 1 saturated carbocycles. The molecule has 0 bridgehead atoms. The van der Waals surface area contributed by atoms with Gasteiger partial charge in [-0.15, -0.1) is 0 Å². The van der Waals surface area contributed by atoms with Gasteiger partial charge in [0.15, 0.2) is 0 Å². The molecule has 0 saturated heterocycles. The normalized spacial score (nSPS) is 17.2. The summed E-state index contributed by atoms with van der Waals surface area (Å²) in [7, 11) is 0. The lowest BCUT2D eigenvalue weighted by molar-refractivity contribution is -0.139. The Morgan fingerprint density at radius 2 is 1.84 bits per heavy atom. The summed E-state index contributed by atoms with van der Waals surface area (Å²) in [6.07, 6.45) is 3.81. The van der Waals surface area contributed by atoms with E-state index in [4.69, 9.17) is 15.3 Å². The van der Waals surface area contributed by atoms with Crippen LogP contribution >= 0.6 is 0 Å². The Kier molecular flexibility index (Phi) is 6.58. The van der Waals surface area contributed by atoms with Gasteiger partial charge in [0.2, 0.25) is 0 Å². The Labute approximate surface area is 112 Å². The predicted molar refractivity (Wildman–Crippen MR) is 67.7 cm³/mol. The third kappa shape index (κ3) is 4.68. The lowest BCUT2D eigenvalue weighted by Crippen LogP contribution is -2.51. The van der Waals surface area contributed by atoms with Gasteiger partial charge >= 0.3 is 12.0 Å². The van der Waals surface area contributed by atoms with Crippen molar-refractivity contribution < 1.29 is 24.9 Å². The van der Waals surface area contributed by atoms with Crippen molar-refractivity contribution in [3.8, 4) is 0 Å². The summed E-state index contributed by atoms with van der Waals surface area (Å²) in [4.78, 5) is 24.5. The van der Waals surface area contributed by atoms with E-state index in [0.717, 1.165) is 25.7 Å². The number of hydrogen-bond acceptors (Lipinski definition) is 4. The minimum absolute atomic E-state index is 0.0291. The van der Waals surface area contributed by atoms with Crippen LogP contribution in [0.3, 0.4) is 0 Å². The maximum atomic E-state index is 12.1. The van der Waals surface area contributed by atoms with Gasteiger partial charge in [0, 0.05) is 25.6 Å². The Hall–Kier alpha value is -1.34. The van der Waals surface area contributed by atoms with Crippen LogP contribution in [0.2, 0.25) is 0 Å². The topological polar surface area (TPSA) is 110 Å². The molecular weight excluding hydrogens is 252 g/mol. The number of carbonyl (C=O) groups is 2. The number of carboxylic acids is 1. The fourth-order valence-electron chi connectivity index (χ4n) is 2.39. The molecule has 1 fully saturated rings. The number of aliphatic hydroxyl groups is 2. The molecule has 1 unspecified atom stereocenters. The largest absolute Gasteiger partial charge is 0.480 e. The van der Waals surface area contributed by atoms with Crippen molar-refractivity contribution in [2.45, 2.75) is 44.2 Å². The lowest BCUT2D eigenvalue weighted by Gasteiger charge is -2.29. The molecule has 1 aliphatic rings. The zero-order valence-electron chi connectivity index (χ0n) is 10.9. The number of rotatable bonds is 7. The van der Waals surface area contributed by atoms with Crippen LogP contribution in [-0.4, -0.2) is 64.1 Å². The summed E-state index contributed by atoms with van der Waals surface area (Å²) in [5.74, 6) is -1.17. The zero-order valence-corrected chi connectivity index (χ0v) is 10.9. The second-order valence-corrected chi connectivity index (χ2v) is 4.71. The minimum Gasteiger partial charge on any atom is -0.480 e. The first kappa shape index (κ1) is 15.7. The Morgan fingerprint density at radius 1 is 1.21 bits per heavy atom. The number of urea groups is 1. The molecule has 0 spiro atoms. The van der Waals surface area contributed by atoms with Gasteiger partial charge in [-0.25, -0.2) is 9.59 Å². The third-order valence-electron chi connectivity index (χ3n) is 3.38. The van der Waals surface area contributed by atoms with Crippen molar-refractivity contribution in [1.82, 2.24) is 10.2 Å². The highest BCUT2D eigenvalue weighted by Crippen LogP contribution is 2.23. The summed E-state index contributed by atoms with van der Waals surface area (Å²) in [6.45, 7) is -0.260. The highest BCUT2D eigenvalue weighted by atomic mass is 16.4. The van der Waals surface area contributed by atoms with E-state index < -0.39 is 18.0 Å². The molecule has 1 atom stereocenters. The van der Waals surface area contributed by atoms with E-state index >= 15 is 0 Å². The van der Waals surface area contributed by atoms with Crippen molar-refractivity contribution in [2.75, 3.05) is 19.8 Å². The molecule has 0 radical (unpaired) electrons. The van der Waals surface area contributed by atoms with E-state index in [1.807, 2.05) is 0 Å². The Bertz CT molecular complexity index is 304. The maximum absolute atomic E-state index is 12.1. The number of aliphatic hydroxyl groups excluding tert-OH is 2. The minimum atomic E-state index is -1.17. The number of carboxylic acid groups (broad SMARTS) is 1. The van der Waals surface area contributed by atoms with Gasteiger partial charge < -0.3 is 25.5 Å². The summed E-state index contributed by atoms with van der Waals surface area (Å²) >= 11 is 0. The summed E-state index contributed by atoms with van der Waals surface area (Å²) in [5.41, 5.74) is 0. The van der Waals surface area contributed by atoms with E-state index in [9.17, 15) is 9.59 Å². The molecular formula is C12H22N2O5. The standard InChI is InChI=1S/C12H22N2O5/c15-7-5-10(11(17)18)13-12(19)14(6-8-16)9-3-1-2-4-9/h9-10,15-16H,1-8H2,(H,13,19)(H,17,18). The van der Waals surface area contributed by atoms with E-state index in [1.54, 1.807) is 0 Å². The van der Waals surface area contributed by atoms with E-state index in [2.05, 4.69) is 5.32 Å². The third-order valence-corrected chi connectivity index (χ3v) is 3.38. The van der Waals surface area contributed by atoms with Crippen molar-refractivity contribution >= 4 is 12.0 Å². The van der Waals surface area contributed by atoms with Crippen LogP contribution in [0.25, 0.3) is 0 Å². The Morgan fingerprint density at radius 3 is 2.32 bits per heavy atom. The van der Waals surface area contributed by atoms with E-state index in [1.165, 1.54) is 4.90 Å². The predicted octanol–water partition coefficient (Wildman–Crippen LogP) is -0.231. The van der Waals surface area contributed by atoms with E-state index in [0.29, 0.717) is 0 Å². The molecule has 0 aromatic carbocycles. The summed E-state index contributed by atoms with van der Waals surface area (Å²) < 4.78 is 0. The van der Waals surface area contributed by atoms with Gasteiger partial charge in [0.25, 0.3) is 0 Å². The fraction of sp³-hybridized carbons (Fsp3) is 0.833. The molecule has 1 rings (SSSR count). The van der Waals surface area contributed by atoms with E-state index in [-0.39, 0.29) is 32.2 Å². The lowest BCUT2D eigenvalue weighted by atomic mass is 10.2. The first-order valence-corrected chi connectivity index (χ1v) is 6.61. The smallest absolute Gasteiger partial charge is 0.326 e. The molecule has 110 valence electrons. The van der Waals surface area contributed by atoms with Crippen molar-refractivity contribution in [3.63, 3.8) is 0 Å². The molecule has 0 heterocycles. The number of aliphatic carboxylic acids is 1. The Balaban J connectivity index is 2.61. The second kappa shape index (κ2) is 7.96. The quantitative estimate of drug-likeness (QED) is 0.512. The molecule has 1 aliphatic carbocycles. The zero-order chi connectivity index (χ0) is 14.3. The monoisotopic (exact) mass is 274 g/mol. The molecule has 7 nitrogen and oxygen atoms in total. The maximum Gasteiger partial charge on any atom is 0.326 e. The molecule has 0 aromatic rings. The average molecular weight is 274 g/mol. The first-order chi connectivity index (χ1) is 9.10. The van der Waals surface area contributed by atoms with Gasteiger partial charge in [-0.05, 0) is 12.8 Å². The van der Waals surface area contributed by atoms with Gasteiger partial charge in [-0.3, -0.25) is 0 Å². The summed E-state index contributed by atoms with van der Waals surface area (Å²) in [6, 6.07) is -1.52. The molecule has 2 amide bonds. The SMILES string of the molecule is O=C(O)C(CCO)NC(=O)N(CCO)C1CCCC1.